The normalized spacial score (nSPS) is 17.2. The Labute approximate surface area is 170 Å². The molecule has 0 saturated carbocycles. The first-order chi connectivity index (χ1) is 13.3. The van der Waals surface area contributed by atoms with Crippen LogP contribution in [-0.2, 0) is 21.2 Å². The molecule has 148 valence electrons. The number of amides is 1. The fourth-order valence-corrected chi connectivity index (χ4v) is 4.46. The summed E-state index contributed by atoms with van der Waals surface area (Å²) in [5.41, 5.74) is 1.51. The molecule has 0 radical (unpaired) electrons. The van der Waals surface area contributed by atoms with Crippen molar-refractivity contribution >= 4 is 33.4 Å². The molecular formula is C20H22ClN3O3S. The van der Waals surface area contributed by atoms with Gasteiger partial charge in [0.05, 0.1) is 4.90 Å². The standard InChI is InChI=1S/C20H22ClN3O3S/c1-13(2)18(20(25)22-11-10-14-6-5-7-15(21)12-14)23-19-16-8-3-4-9-17(16)28(26,27)24-19/h3-9,12-13,18H,10-11H2,1-2H3,(H,22,25)(H,23,24)/t18-/m1/s1. The van der Waals surface area contributed by atoms with Gasteiger partial charge in [0.2, 0.25) is 5.91 Å². The first kappa shape index (κ1) is 20.4. The van der Waals surface area contributed by atoms with Crippen LogP contribution in [0.15, 0.2) is 58.4 Å². The molecule has 0 aromatic heterocycles. The molecule has 2 aromatic carbocycles. The van der Waals surface area contributed by atoms with Gasteiger partial charge < -0.3 is 5.32 Å². The average Bonchev–Trinajstić information content (AvgIpc) is 2.90. The number of nitrogens with one attached hydrogen (secondary N) is 2. The molecule has 2 N–H and O–H groups in total. The van der Waals surface area contributed by atoms with Crippen LogP contribution in [0.25, 0.3) is 0 Å². The predicted octanol–water partition coefficient (Wildman–Crippen LogP) is 2.76. The average molecular weight is 420 g/mol. The zero-order valence-electron chi connectivity index (χ0n) is 15.6. The largest absolute Gasteiger partial charge is 0.354 e. The van der Waals surface area contributed by atoms with Crippen LogP contribution >= 0.6 is 11.6 Å². The molecule has 0 bridgehead atoms. The Morgan fingerprint density at radius 3 is 2.64 bits per heavy atom. The van der Waals surface area contributed by atoms with Gasteiger partial charge in [-0.25, -0.2) is 8.42 Å². The number of aliphatic imine (C=N–C) groups is 1. The maximum absolute atomic E-state index is 12.7. The quantitative estimate of drug-likeness (QED) is 0.754. The smallest absolute Gasteiger partial charge is 0.263 e. The van der Waals surface area contributed by atoms with E-state index in [0.29, 0.717) is 23.6 Å². The molecule has 1 aliphatic rings. The summed E-state index contributed by atoms with van der Waals surface area (Å²) in [5.74, 6) is -0.136. The van der Waals surface area contributed by atoms with E-state index in [1.54, 1.807) is 24.3 Å². The van der Waals surface area contributed by atoms with Crippen LogP contribution in [-0.4, -0.2) is 32.7 Å². The summed E-state index contributed by atoms with van der Waals surface area (Å²) in [6.07, 6.45) is 0.642. The second-order valence-electron chi connectivity index (χ2n) is 6.94. The van der Waals surface area contributed by atoms with Crippen molar-refractivity contribution in [2.75, 3.05) is 6.54 Å². The first-order valence-electron chi connectivity index (χ1n) is 9.00. The highest BCUT2D eigenvalue weighted by Gasteiger charge is 2.32. The minimum atomic E-state index is -3.63. The van der Waals surface area contributed by atoms with E-state index in [2.05, 4.69) is 15.0 Å². The lowest BCUT2D eigenvalue weighted by Gasteiger charge is -2.17. The summed E-state index contributed by atoms with van der Waals surface area (Å²) >= 11 is 5.98. The molecule has 1 amide bonds. The molecule has 28 heavy (non-hydrogen) atoms. The molecule has 2 aromatic rings. The molecule has 1 atom stereocenters. The van der Waals surface area contributed by atoms with E-state index in [-0.39, 0.29) is 22.6 Å². The minimum Gasteiger partial charge on any atom is -0.354 e. The summed E-state index contributed by atoms with van der Waals surface area (Å²) in [6.45, 7) is 4.19. The molecule has 6 nitrogen and oxygen atoms in total. The molecule has 3 rings (SSSR count). The van der Waals surface area contributed by atoms with E-state index in [9.17, 15) is 13.2 Å². The van der Waals surface area contributed by atoms with E-state index in [0.717, 1.165) is 5.56 Å². The number of amidine groups is 1. The molecule has 8 heteroatoms. The number of halogens is 1. The monoisotopic (exact) mass is 419 g/mol. The van der Waals surface area contributed by atoms with Crippen molar-refractivity contribution in [2.24, 2.45) is 10.9 Å². The lowest BCUT2D eigenvalue weighted by Crippen LogP contribution is -2.39. The van der Waals surface area contributed by atoms with Crippen LogP contribution in [0.1, 0.15) is 25.0 Å². The number of carbonyl (C=O) groups is 1. The Bertz CT molecular complexity index is 1020. The highest BCUT2D eigenvalue weighted by molar-refractivity contribution is 7.90. The minimum absolute atomic E-state index is 0.101. The van der Waals surface area contributed by atoms with E-state index in [1.807, 2.05) is 32.0 Å². The highest BCUT2D eigenvalue weighted by Crippen LogP contribution is 2.23. The Morgan fingerprint density at radius 2 is 1.93 bits per heavy atom. The number of nitrogens with zero attached hydrogens (tertiary/aromatic N) is 1. The number of hydrogen-bond donors (Lipinski definition) is 2. The molecule has 0 spiro atoms. The summed E-state index contributed by atoms with van der Waals surface area (Å²) < 4.78 is 26.9. The number of benzene rings is 2. The van der Waals surface area contributed by atoms with Gasteiger partial charge in [0.15, 0.2) is 0 Å². The molecular weight excluding hydrogens is 398 g/mol. The van der Waals surface area contributed by atoms with Crippen molar-refractivity contribution in [3.05, 3.63) is 64.7 Å². The third-order valence-electron chi connectivity index (χ3n) is 4.43. The van der Waals surface area contributed by atoms with Gasteiger partial charge in [-0.3, -0.25) is 14.5 Å². The second kappa shape index (κ2) is 8.32. The Morgan fingerprint density at radius 1 is 1.18 bits per heavy atom. The van der Waals surface area contributed by atoms with Gasteiger partial charge in [0.25, 0.3) is 10.0 Å². The molecule has 0 saturated heterocycles. The van der Waals surface area contributed by atoms with Crippen molar-refractivity contribution in [1.82, 2.24) is 10.0 Å². The fourth-order valence-electron chi connectivity index (χ4n) is 3.01. The van der Waals surface area contributed by atoms with E-state index < -0.39 is 16.1 Å². The Kier molecular flexibility index (Phi) is 6.05. The lowest BCUT2D eigenvalue weighted by molar-refractivity contribution is -0.123. The zero-order chi connectivity index (χ0) is 20.3. The summed E-state index contributed by atoms with van der Waals surface area (Å²) in [4.78, 5) is 17.3. The second-order valence-corrected chi connectivity index (χ2v) is 9.03. The van der Waals surface area contributed by atoms with Crippen LogP contribution in [0.5, 0.6) is 0 Å². The lowest BCUT2D eigenvalue weighted by atomic mass is 10.0. The van der Waals surface area contributed by atoms with E-state index >= 15 is 0 Å². The van der Waals surface area contributed by atoms with Crippen LogP contribution in [0.4, 0.5) is 0 Å². The van der Waals surface area contributed by atoms with Gasteiger partial charge in [-0.1, -0.05) is 49.7 Å². The Balaban J connectivity index is 1.73. The maximum atomic E-state index is 12.7. The Hall–Kier alpha value is -2.38. The molecule has 1 aliphatic heterocycles. The third kappa shape index (κ3) is 4.54. The van der Waals surface area contributed by atoms with Gasteiger partial charge in [-0.2, -0.15) is 0 Å². The topological polar surface area (TPSA) is 87.6 Å². The van der Waals surface area contributed by atoms with Crippen molar-refractivity contribution < 1.29 is 13.2 Å². The van der Waals surface area contributed by atoms with Crippen LogP contribution in [0.2, 0.25) is 5.02 Å². The maximum Gasteiger partial charge on any atom is 0.263 e. The molecule has 0 unspecified atom stereocenters. The van der Waals surface area contributed by atoms with Gasteiger partial charge in [-0.05, 0) is 42.2 Å². The zero-order valence-corrected chi connectivity index (χ0v) is 17.2. The number of carbonyl (C=O) groups excluding carboxylic acids is 1. The molecule has 0 aliphatic carbocycles. The SMILES string of the molecule is CC(C)[C@@H](N=C1NS(=O)(=O)c2ccccc21)C(=O)NCCc1cccc(Cl)c1. The van der Waals surface area contributed by atoms with Gasteiger partial charge in [-0.15, -0.1) is 0 Å². The van der Waals surface area contributed by atoms with E-state index in [1.165, 1.54) is 6.07 Å². The highest BCUT2D eigenvalue weighted by atomic mass is 35.5. The van der Waals surface area contributed by atoms with E-state index in [4.69, 9.17) is 11.6 Å². The predicted molar refractivity (Wildman–Crippen MR) is 110 cm³/mol. The van der Waals surface area contributed by atoms with Crippen molar-refractivity contribution in [1.29, 1.82) is 0 Å². The van der Waals surface area contributed by atoms with Gasteiger partial charge in [0.1, 0.15) is 11.9 Å². The van der Waals surface area contributed by atoms with Crippen LogP contribution in [0.3, 0.4) is 0 Å². The molecule has 1 heterocycles. The van der Waals surface area contributed by atoms with Gasteiger partial charge in [0, 0.05) is 17.1 Å². The van der Waals surface area contributed by atoms with Crippen molar-refractivity contribution in [3.63, 3.8) is 0 Å². The number of sulfonamides is 1. The van der Waals surface area contributed by atoms with Gasteiger partial charge >= 0.3 is 0 Å². The number of rotatable bonds is 6. The van der Waals surface area contributed by atoms with Crippen molar-refractivity contribution in [3.8, 4) is 0 Å². The first-order valence-corrected chi connectivity index (χ1v) is 10.9. The summed E-state index contributed by atoms with van der Waals surface area (Å²) in [6, 6.07) is 13.4. The molecule has 0 fully saturated rings. The number of fused-ring (bicyclic) bond motifs is 1. The van der Waals surface area contributed by atoms with Crippen molar-refractivity contribution in [2.45, 2.75) is 31.2 Å². The number of hydrogen-bond acceptors (Lipinski definition) is 4. The third-order valence-corrected chi connectivity index (χ3v) is 6.07. The van der Waals surface area contributed by atoms with Crippen LogP contribution < -0.4 is 10.0 Å². The summed E-state index contributed by atoms with van der Waals surface area (Å²) in [7, 11) is -3.63. The fraction of sp³-hybridized carbons (Fsp3) is 0.300. The van der Waals surface area contributed by atoms with Crippen LogP contribution in [0, 0.1) is 5.92 Å². The summed E-state index contributed by atoms with van der Waals surface area (Å²) in [5, 5.41) is 3.54.